The Morgan fingerprint density at radius 2 is 1.63 bits per heavy atom. The lowest BCUT2D eigenvalue weighted by Crippen LogP contribution is -2.40. The molecular formula is C27H25FN2O5. The SMILES string of the molecule is CCCC(NC(=O)c1ccc(NC(=O)OCC2c3ccccc3-c3ccccc32)cc1F)C(=O)O. The highest BCUT2D eigenvalue weighted by atomic mass is 19.1. The van der Waals surface area contributed by atoms with Gasteiger partial charge in [-0.15, -0.1) is 0 Å². The van der Waals surface area contributed by atoms with E-state index in [0.29, 0.717) is 6.42 Å². The topological polar surface area (TPSA) is 105 Å². The third-order valence-electron chi connectivity index (χ3n) is 5.98. The van der Waals surface area contributed by atoms with E-state index in [1.54, 1.807) is 6.92 Å². The number of benzene rings is 3. The van der Waals surface area contributed by atoms with Gasteiger partial charge in [0.05, 0.1) is 5.56 Å². The molecule has 0 heterocycles. The second kappa shape index (κ2) is 10.4. The van der Waals surface area contributed by atoms with Crippen molar-refractivity contribution in [1.29, 1.82) is 0 Å². The molecule has 7 nitrogen and oxygen atoms in total. The summed E-state index contributed by atoms with van der Waals surface area (Å²) in [6.45, 7) is 1.89. The molecule has 1 aliphatic rings. The van der Waals surface area contributed by atoms with E-state index < -0.39 is 29.8 Å². The molecule has 0 bridgehead atoms. The van der Waals surface area contributed by atoms with Gasteiger partial charge in [-0.1, -0.05) is 61.9 Å². The molecule has 180 valence electrons. The molecule has 0 aromatic heterocycles. The predicted molar refractivity (Wildman–Crippen MR) is 129 cm³/mol. The van der Waals surface area contributed by atoms with Crippen molar-refractivity contribution < 1.29 is 28.6 Å². The highest BCUT2D eigenvalue weighted by Gasteiger charge is 2.29. The van der Waals surface area contributed by atoms with Crippen molar-refractivity contribution in [2.24, 2.45) is 0 Å². The van der Waals surface area contributed by atoms with Crippen molar-refractivity contribution in [3.63, 3.8) is 0 Å². The lowest BCUT2D eigenvalue weighted by Gasteiger charge is -2.15. The first-order valence-corrected chi connectivity index (χ1v) is 11.3. The van der Waals surface area contributed by atoms with Gasteiger partial charge < -0.3 is 15.2 Å². The number of nitrogens with one attached hydrogen (secondary N) is 2. The van der Waals surface area contributed by atoms with Gasteiger partial charge in [0.1, 0.15) is 18.5 Å². The maximum Gasteiger partial charge on any atom is 0.411 e. The van der Waals surface area contributed by atoms with Crippen molar-refractivity contribution in [1.82, 2.24) is 5.32 Å². The van der Waals surface area contributed by atoms with Gasteiger partial charge in [-0.25, -0.2) is 14.0 Å². The molecule has 3 N–H and O–H groups in total. The Morgan fingerprint density at radius 3 is 2.20 bits per heavy atom. The van der Waals surface area contributed by atoms with Crippen LogP contribution in [0.5, 0.6) is 0 Å². The molecule has 1 atom stereocenters. The minimum atomic E-state index is -1.19. The van der Waals surface area contributed by atoms with E-state index in [2.05, 4.69) is 10.6 Å². The smallest absolute Gasteiger partial charge is 0.411 e. The summed E-state index contributed by atoms with van der Waals surface area (Å²) in [5.41, 5.74) is 4.16. The van der Waals surface area contributed by atoms with Gasteiger partial charge in [-0.3, -0.25) is 10.1 Å². The molecular weight excluding hydrogens is 451 g/mol. The molecule has 0 fully saturated rings. The zero-order chi connectivity index (χ0) is 24.9. The Bertz CT molecular complexity index is 1230. The standard InChI is InChI=1S/C27H25FN2O5/c1-2-7-24(26(32)33)30-25(31)21-13-12-16(14-23(21)28)29-27(34)35-15-22-19-10-5-3-8-17(19)18-9-4-6-11-20(18)22/h3-6,8-14,22,24H,2,7,15H2,1H3,(H,29,34)(H,30,31)(H,32,33). The van der Waals surface area contributed by atoms with Crippen LogP contribution >= 0.6 is 0 Å². The van der Waals surface area contributed by atoms with Gasteiger partial charge >= 0.3 is 12.1 Å². The molecule has 4 rings (SSSR count). The quantitative estimate of drug-likeness (QED) is 0.416. The number of hydrogen-bond acceptors (Lipinski definition) is 4. The normalized spacial score (nSPS) is 12.9. The van der Waals surface area contributed by atoms with Gasteiger partial charge in [0.25, 0.3) is 5.91 Å². The first kappa shape index (κ1) is 23.9. The second-order valence-corrected chi connectivity index (χ2v) is 8.30. The molecule has 3 aromatic rings. The van der Waals surface area contributed by atoms with E-state index in [4.69, 9.17) is 4.74 Å². The van der Waals surface area contributed by atoms with E-state index in [9.17, 15) is 23.9 Å². The molecule has 1 aliphatic carbocycles. The van der Waals surface area contributed by atoms with Crippen LogP contribution in [0.1, 0.15) is 47.2 Å². The number of hydrogen-bond donors (Lipinski definition) is 3. The number of aliphatic carboxylic acids is 1. The third kappa shape index (κ3) is 5.16. The Balaban J connectivity index is 1.39. The predicted octanol–water partition coefficient (Wildman–Crippen LogP) is 5.17. The van der Waals surface area contributed by atoms with Crippen LogP contribution < -0.4 is 10.6 Å². The summed E-state index contributed by atoms with van der Waals surface area (Å²) in [6, 6.07) is 18.3. The second-order valence-electron chi connectivity index (χ2n) is 8.30. The zero-order valence-corrected chi connectivity index (χ0v) is 19.1. The molecule has 0 spiro atoms. The largest absolute Gasteiger partial charge is 0.480 e. The Labute approximate surface area is 201 Å². The molecule has 0 radical (unpaired) electrons. The average Bonchev–Trinajstić information content (AvgIpc) is 3.16. The van der Waals surface area contributed by atoms with Crippen LogP contribution in [-0.2, 0) is 9.53 Å². The first-order chi connectivity index (χ1) is 16.9. The summed E-state index contributed by atoms with van der Waals surface area (Å²) in [4.78, 5) is 36.0. The molecule has 0 saturated heterocycles. The minimum Gasteiger partial charge on any atom is -0.480 e. The molecule has 35 heavy (non-hydrogen) atoms. The first-order valence-electron chi connectivity index (χ1n) is 11.3. The van der Waals surface area contributed by atoms with E-state index in [1.165, 1.54) is 12.1 Å². The number of amides is 2. The van der Waals surface area contributed by atoms with E-state index in [1.807, 2.05) is 48.5 Å². The van der Waals surface area contributed by atoms with Crippen molar-refractivity contribution >= 4 is 23.7 Å². The number of fused-ring (bicyclic) bond motifs is 3. The van der Waals surface area contributed by atoms with Gasteiger partial charge in [0.2, 0.25) is 0 Å². The third-order valence-corrected chi connectivity index (χ3v) is 5.98. The van der Waals surface area contributed by atoms with Crippen LogP contribution in [0, 0.1) is 5.82 Å². The lowest BCUT2D eigenvalue weighted by atomic mass is 9.98. The fourth-order valence-electron chi connectivity index (χ4n) is 4.31. The van der Waals surface area contributed by atoms with Crippen molar-refractivity contribution in [2.45, 2.75) is 31.7 Å². The highest BCUT2D eigenvalue weighted by Crippen LogP contribution is 2.44. The molecule has 2 amide bonds. The number of carbonyl (C=O) groups excluding carboxylic acids is 2. The van der Waals surface area contributed by atoms with Crippen LogP contribution in [0.15, 0.2) is 66.7 Å². The maximum absolute atomic E-state index is 14.6. The van der Waals surface area contributed by atoms with Gasteiger partial charge in [-0.05, 0) is 46.9 Å². The molecule has 1 unspecified atom stereocenters. The summed E-state index contributed by atoms with van der Waals surface area (Å²) < 4.78 is 20.0. The summed E-state index contributed by atoms with van der Waals surface area (Å²) >= 11 is 0. The van der Waals surface area contributed by atoms with Gasteiger partial charge in [0, 0.05) is 11.6 Å². The van der Waals surface area contributed by atoms with Gasteiger partial charge in [0.15, 0.2) is 0 Å². The molecule has 0 aliphatic heterocycles. The monoisotopic (exact) mass is 476 g/mol. The van der Waals surface area contributed by atoms with Crippen LogP contribution in [0.2, 0.25) is 0 Å². The van der Waals surface area contributed by atoms with Crippen LogP contribution in [0.25, 0.3) is 11.1 Å². The number of carboxylic acids is 1. The number of halogens is 1. The summed E-state index contributed by atoms with van der Waals surface area (Å²) in [5, 5.41) is 14.0. The Hall–Kier alpha value is -4.20. The summed E-state index contributed by atoms with van der Waals surface area (Å²) in [6.07, 6.45) is 0.0182. The molecule has 8 heteroatoms. The lowest BCUT2D eigenvalue weighted by molar-refractivity contribution is -0.139. The zero-order valence-electron chi connectivity index (χ0n) is 19.1. The van der Waals surface area contributed by atoms with E-state index in [-0.39, 0.29) is 30.2 Å². The van der Waals surface area contributed by atoms with Gasteiger partial charge in [-0.2, -0.15) is 0 Å². The average molecular weight is 477 g/mol. The summed E-state index contributed by atoms with van der Waals surface area (Å²) in [7, 11) is 0. The van der Waals surface area contributed by atoms with Crippen LogP contribution in [0.4, 0.5) is 14.9 Å². The fourth-order valence-corrected chi connectivity index (χ4v) is 4.31. The highest BCUT2D eigenvalue weighted by molar-refractivity contribution is 5.97. The van der Waals surface area contributed by atoms with Crippen molar-refractivity contribution in [3.8, 4) is 11.1 Å². The molecule has 3 aromatic carbocycles. The number of anilines is 1. The number of carbonyl (C=O) groups is 3. The Morgan fingerprint density at radius 1 is 1.00 bits per heavy atom. The minimum absolute atomic E-state index is 0.108. The van der Waals surface area contributed by atoms with Crippen molar-refractivity contribution in [3.05, 3.63) is 89.2 Å². The fraction of sp³-hybridized carbons (Fsp3) is 0.222. The summed E-state index contributed by atoms with van der Waals surface area (Å²) in [5.74, 6) is -3.02. The Kier molecular flexibility index (Phi) is 7.10. The number of carboxylic acid groups (broad SMARTS) is 1. The van der Waals surface area contributed by atoms with E-state index >= 15 is 0 Å². The van der Waals surface area contributed by atoms with E-state index in [0.717, 1.165) is 28.3 Å². The van der Waals surface area contributed by atoms with Crippen LogP contribution in [-0.4, -0.2) is 35.7 Å². The number of rotatable bonds is 8. The van der Waals surface area contributed by atoms with Crippen LogP contribution in [0.3, 0.4) is 0 Å². The number of ether oxygens (including phenoxy) is 1. The molecule has 0 saturated carbocycles. The van der Waals surface area contributed by atoms with Crippen molar-refractivity contribution in [2.75, 3.05) is 11.9 Å². The maximum atomic E-state index is 14.6.